The highest BCUT2D eigenvalue weighted by Crippen LogP contribution is 2.27. The van der Waals surface area contributed by atoms with E-state index in [2.05, 4.69) is 47.7 Å². The number of carbonyl (C=O) groups excluding carboxylic acids is 1. The number of carbonyl (C=O) groups is 1. The topological polar surface area (TPSA) is 54.0 Å². The van der Waals surface area contributed by atoms with Crippen LogP contribution >= 0.6 is 11.3 Å². The van der Waals surface area contributed by atoms with E-state index in [-0.39, 0.29) is 5.91 Å². The maximum atomic E-state index is 12.1. The van der Waals surface area contributed by atoms with Crippen LogP contribution in [0.3, 0.4) is 0 Å². The minimum absolute atomic E-state index is 0.0748. The number of aromatic nitrogens is 1. The van der Waals surface area contributed by atoms with E-state index in [1.54, 1.807) is 0 Å². The first-order valence-electron chi connectivity index (χ1n) is 7.15. The number of rotatable bonds is 4. The van der Waals surface area contributed by atoms with E-state index in [9.17, 15) is 4.79 Å². The molecule has 0 bridgehead atoms. The van der Waals surface area contributed by atoms with E-state index in [0.717, 1.165) is 30.2 Å². The Hall–Kier alpha value is -1.72. The predicted octanol–water partition coefficient (Wildman–Crippen LogP) is 2.38. The molecule has 0 atom stereocenters. The molecule has 0 spiro atoms. The molecule has 1 aromatic heterocycles. The third-order valence-corrected chi connectivity index (χ3v) is 4.64. The Morgan fingerprint density at radius 1 is 1.43 bits per heavy atom. The van der Waals surface area contributed by atoms with Crippen LogP contribution in [0.4, 0.5) is 0 Å². The molecule has 1 fully saturated rings. The number of amides is 1. The van der Waals surface area contributed by atoms with Gasteiger partial charge < -0.3 is 10.6 Å². The summed E-state index contributed by atoms with van der Waals surface area (Å²) >= 11 is 1.52. The molecule has 0 aliphatic carbocycles. The number of benzene rings is 1. The zero-order valence-electron chi connectivity index (χ0n) is 12.3. The number of nitrogens with one attached hydrogen (secondary N) is 2. The first-order valence-corrected chi connectivity index (χ1v) is 8.03. The van der Waals surface area contributed by atoms with E-state index in [0.29, 0.717) is 11.6 Å². The number of hydrogen-bond donors (Lipinski definition) is 2. The highest BCUT2D eigenvalue weighted by atomic mass is 32.1. The highest BCUT2D eigenvalue weighted by molar-refractivity contribution is 7.13. The maximum Gasteiger partial charge on any atom is 0.270 e. The van der Waals surface area contributed by atoms with Gasteiger partial charge in [-0.05, 0) is 19.4 Å². The summed E-state index contributed by atoms with van der Waals surface area (Å²) in [6.07, 6.45) is 0. The average molecular weight is 301 g/mol. The van der Waals surface area contributed by atoms with Gasteiger partial charge in [0.2, 0.25) is 0 Å². The fourth-order valence-corrected chi connectivity index (χ4v) is 3.27. The van der Waals surface area contributed by atoms with Gasteiger partial charge >= 0.3 is 0 Å². The lowest BCUT2D eigenvalue weighted by Crippen LogP contribution is -2.48. The third kappa shape index (κ3) is 3.14. The second-order valence-corrected chi connectivity index (χ2v) is 6.45. The van der Waals surface area contributed by atoms with Gasteiger partial charge in [-0.2, -0.15) is 0 Å². The molecule has 0 saturated carbocycles. The molecule has 0 radical (unpaired) electrons. The van der Waals surface area contributed by atoms with Crippen molar-refractivity contribution < 1.29 is 4.79 Å². The van der Waals surface area contributed by atoms with Crippen molar-refractivity contribution in [1.29, 1.82) is 0 Å². The predicted molar refractivity (Wildman–Crippen MR) is 85.7 cm³/mol. The molecular weight excluding hydrogens is 282 g/mol. The Morgan fingerprint density at radius 3 is 2.90 bits per heavy atom. The van der Waals surface area contributed by atoms with Gasteiger partial charge in [-0.25, -0.2) is 4.98 Å². The molecule has 2 N–H and O–H groups in total. The van der Waals surface area contributed by atoms with Crippen LogP contribution in [-0.4, -0.2) is 30.5 Å². The molecular formula is C16H19N3OS. The maximum absolute atomic E-state index is 12.1. The number of thiazole rings is 1. The molecule has 1 aliphatic rings. The Kier molecular flexibility index (Phi) is 4.03. The lowest BCUT2D eigenvalue weighted by Gasteiger charge is -2.26. The van der Waals surface area contributed by atoms with Crippen LogP contribution in [-0.2, 0) is 0 Å². The summed E-state index contributed by atoms with van der Waals surface area (Å²) in [5.74, 6) is 0.487. The summed E-state index contributed by atoms with van der Waals surface area (Å²) in [6.45, 7) is 6.86. The van der Waals surface area contributed by atoms with Gasteiger partial charge in [0.05, 0.1) is 0 Å². The second kappa shape index (κ2) is 5.95. The van der Waals surface area contributed by atoms with E-state index in [1.165, 1.54) is 22.5 Å². The largest absolute Gasteiger partial charge is 0.350 e. The van der Waals surface area contributed by atoms with Crippen molar-refractivity contribution in [2.75, 3.05) is 19.6 Å². The van der Waals surface area contributed by atoms with Gasteiger partial charge in [0, 0.05) is 36.5 Å². The van der Waals surface area contributed by atoms with E-state index >= 15 is 0 Å². The van der Waals surface area contributed by atoms with Gasteiger partial charge in [0.25, 0.3) is 5.91 Å². The fourth-order valence-electron chi connectivity index (χ4n) is 2.38. The van der Waals surface area contributed by atoms with Gasteiger partial charge in [0.15, 0.2) is 0 Å². The lowest BCUT2D eigenvalue weighted by atomic mass is 10.0. The minimum atomic E-state index is -0.0748. The molecule has 0 unspecified atom stereocenters. The van der Waals surface area contributed by atoms with E-state index < -0.39 is 0 Å². The summed E-state index contributed by atoms with van der Waals surface area (Å²) < 4.78 is 0. The van der Waals surface area contributed by atoms with Crippen LogP contribution in [0.5, 0.6) is 0 Å². The van der Waals surface area contributed by atoms with Crippen LogP contribution in [0.1, 0.15) is 21.6 Å². The smallest absolute Gasteiger partial charge is 0.270 e. The summed E-state index contributed by atoms with van der Waals surface area (Å²) in [5.41, 5.74) is 4.05. The van der Waals surface area contributed by atoms with Crippen LogP contribution in [0.2, 0.25) is 0 Å². The monoisotopic (exact) mass is 301 g/mol. The van der Waals surface area contributed by atoms with Gasteiger partial charge in [-0.1, -0.05) is 23.8 Å². The minimum Gasteiger partial charge on any atom is -0.350 e. The Balaban J connectivity index is 1.71. The molecule has 1 aromatic carbocycles. The molecule has 21 heavy (non-hydrogen) atoms. The van der Waals surface area contributed by atoms with Crippen molar-refractivity contribution in [2.24, 2.45) is 5.92 Å². The summed E-state index contributed by atoms with van der Waals surface area (Å²) in [6, 6.07) is 6.29. The van der Waals surface area contributed by atoms with Crippen molar-refractivity contribution in [1.82, 2.24) is 15.6 Å². The zero-order chi connectivity index (χ0) is 14.8. The fraction of sp³-hybridized carbons (Fsp3) is 0.375. The van der Waals surface area contributed by atoms with Gasteiger partial charge in [-0.15, -0.1) is 11.3 Å². The molecule has 4 nitrogen and oxygen atoms in total. The average Bonchev–Trinajstić information content (AvgIpc) is 2.86. The zero-order valence-corrected chi connectivity index (χ0v) is 13.1. The summed E-state index contributed by atoms with van der Waals surface area (Å²) in [4.78, 5) is 16.6. The van der Waals surface area contributed by atoms with E-state index in [1.807, 2.05) is 5.38 Å². The highest BCUT2D eigenvalue weighted by Gasteiger charge is 2.19. The van der Waals surface area contributed by atoms with Gasteiger partial charge in [0.1, 0.15) is 10.7 Å². The summed E-state index contributed by atoms with van der Waals surface area (Å²) in [5, 5.41) is 8.89. The molecule has 1 saturated heterocycles. The summed E-state index contributed by atoms with van der Waals surface area (Å²) in [7, 11) is 0. The number of nitrogens with zero attached hydrogens (tertiary/aromatic N) is 1. The SMILES string of the molecule is Cc1ccc(-c2nc(C(=O)NCC3CNC3)cs2)c(C)c1. The molecule has 2 aromatic rings. The van der Waals surface area contributed by atoms with Crippen LogP contribution in [0.25, 0.3) is 10.6 Å². The second-order valence-electron chi connectivity index (χ2n) is 5.59. The van der Waals surface area contributed by atoms with Crippen molar-refractivity contribution >= 4 is 17.2 Å². The van der Waals surface area contributed by atoms with Crippen molar-refractivity contribution in [3.8, 4) is 10.6 Å². The Bertz CT molecular complexity index is 661. The third-order valence-electron chi connectivity index (χ3n) is 3.77. The normalized spacial score (nSPS) is 14.8. The Morgan fingerprint density at radius 2 is 2.24 bits per heavy atom. The quantitative estimate of drug-likeness (QED) is 0.911. The van der Waals surface area contributed by atoms with Crippen molar-refractivity contribution in [3.05, 3.63) is 40.4 Å². The van der Waals surface area contributed by atoms with Gasteiger partial charge in [-0.3, -0.25) is 4.79 Å². The molecule has 1 aliphatic heterocycles. The van der Waals surface area contributed by atoms with E-state index in [4.69, 9.17) is 0 Å². The number of hydrogen-bond acceptors (Lipinski definition) is 4. The molecule has 5 heteroatoms. The van der Waals surface area contributed by atoms with Crippen molar-refractivity contribution in [3.63, 3.8) is 0 Å². The lowest BCUT2D eigenvalue weighted by molar-refractivity contribution is 0.0938. The molecule has 1 amide bonds. The van der Waals surface area contributed by atoms with Crippen LogP contribution < -0.4 is 10.6 Å². The molecule has 3 rings (SSSR count). The number of aryl methyl sites for hydroxylation is 2. The first kappa shape index (κ1) is 14.2. The Labute approximate surface area is 128 Å². The molecule has 110 valence electrons. The molecule has 2 heterocycles. The first-order chi connectivity index (χ1) is 10.1. The van der Waals surface area contributed by atoms with Crippen LogP contribution in [0, 0.1) is 19.8 Å². The van der Waals surface area contributed by atoms with Crippen molar-refractivity contribution in [2.45, 2.75) is 13.8 Å². The standard InChI is InChI=1S/C16H19N3OS/c1-10-3-4-13(11(2)5-10)16-19-14(9-21-16)15(20)18-8-12-6-17-7-12/h3-5,9,12,17H,6-8H2,1-2H3,(H,18,20). The van der Waals surface area contributed by atoms with Crippen LogP contribution in [0.15, 0.2) is 23.6 Å².